The van der Waals surface area contributed by atoms with E-state index in [0.717, 1.165) is 10.9 Å². The number of benzene rings is 1. The van der Waals surface area contributed by atoms with Gasteiger partial charge in [-0.2, -0.15) is 4.31 Å². The summed E-state index contributed by atoms with van der Waals surface area (Å²) >= 11 is 0. The van der Waals surface area contributed by atoms with Crippen LogP contribution in [-0.4, -0.2) is 55.8 Å². The van der Waals surface area contributed by atoms with E-state index in [0.29, 0.717) is 24.8 Å². The molecule has 0 aliphatic carbocycles. The molecule has 0 saturated carbocycles. The fourth-order valence-electron chi connectivity index (χ4n) is 4.07. The number of sulfonamides is 1. The van der Waals surface area contributed by atoms with E-state index in [-0.39, 0.29) is 35.7 Å². The zero-order valence-corrected chi connectivity index (χ0v) is 19.8. The van der Waals surface area contributed by atoms with E-state index >= 15 is 0 Å². The molecule has 1 aromatic carbocycles. The number of carbonyl (C=O) groups excluding carboxylic acids is 2. The van der Waals surface area contributed by atoms with Crippen LogP contribution in [0, 0.1) is 18.8 Å². The largest absolute Gasteiger partial charge is 0.467 e. The van der Waals surface area contributed by atoms with Crippen LogP contribution in [0.3, 0.4) is 0 Å². The number of para-hydroxylation sites is 1. The number of nitrogens with zero attached hydrogens (tertiary/aromatic N) is 2. The number of amides is 1. The Hall–Kier alpha value is -2.52. The molecular weight excluding hydrogens is 430 g/mol. The van der Waals surface area contributed by atoms with Crippen LogP contribution in [0.15, 0.2) is 35.4 Å². The van der Waals surface area contributed by atoms with Crippen molar-refractivity contribution < 1.29 is 22.7 Å². The van der Waals surface area contributed by atoms with E-state index in [1.807, 2.05) is 32.9 Å². The number of pyridine rings is 1. The summed E-state index contributed by atoms with van der Waals surface area (Å²) in [5.41, 5.74) is 1.41. The third-order valence-corrected chi connectivity index (χ3v) is 7.69. The Morgan fingerprint density at radius 2 is 1.94 bits per heavy atom. The Kier molecular flexibility index (Phi) is 7.51. The molecule has 1 fully saturated rings. The van der Waals surface area contributed by atoms with Gasteiger partial charge in [0, 0.05) is 30.6 Å². The monoisotopic (exact) mass is 461 g/mol. The first-order valence-corrected chi connectivity index (χ1v) is 12.3. The van der Waals surface area contributed by atoms with E-state index in [1.54, 1.807) is 18.3 Å². The summed E-state index contributed by atoms with van der Waals surface area (Å²) in [6, 6.07) is 6.36. The maximum Gasteiger partial charge on any atom is 0.328 e. The van der Waals surface area contributed by atoms with Gasteiger partial charge in [-0.25, -0.2) is 13.2 Å². The zero-order chi connectivity index (χ0) is 23.5. The third-order valence-electron chi connectivity index (χ3n) is 5.76. The van der Waals surface area contributed by atoms with Gasteiger partial charge in [-0.3, -0.25) is 9.78 Å². The second kappa shape index (κ2) is 9.95. The van der Waals surface area contributed by atoms with Crippen molar-refractivity contribution in [3.8, 4) is 0 Å². The van der Waals surface area contributed by atoms with Crippen LogP contribution in [-0.2, 0) is 24.3 Å². The number of carbonyl (C=O) groups is 2. The minimum Gasteiger partial charge on any atom is -0.467 e. The van der Waals surface area contributed by atoms with Crippen molar-refractivity contribution in [3.05, 3.63) is 36.0 Å². The van der Waals surface area contributed by atoms with E-state index in [4.69, 9.17) is 4.74 Å². The summed E-state index contributed by atoms with van der Waals surface area (Å²) in [5.74, 6) is -0.843. The lowest BCUT2D eigenvalue weighted by Crippen LogP contribution is -2.48. The van der Waals surface area contributed by atoms with E-state index in [2.05, 4.69) is 10.3 Å². The fraction of sp³-hybridized carbons (Fsp3) is 0.522. The van der Waals surface area contributed by atoms with Gasteiger partial charge in [0.15, 0.2) is 0 Å². The lowest BCUT2D eigenvalue weighted by Gasteiger charge is -2.31. The number of nitrogens with one attached hydrogen (secondary N) is 1. The molecule has 9 heteroatoms. The number of ether oxygens (including phenoxy) is 1. The Morgan fingerprint density at radius 1 is 1.25 bits per heavy atom. The molecule has 0 bridgehead atoms. The first kappa shape index (κ1) is 24.1. The number of piperidine rings is 1. The van der Waals surface area contributed by atoms with Gasteiger partial charge >= 0.3 is 5.97 Å². The molecule has 2 aromatic rings. The number of aromatic nitrogens is 1. The minimum atomic E-state index is -3.74. The molecule has 32 heavy (non-hydrogen) atoms. The molecule has 1 atom stereocenters. The van der Waals surface area contributed by atoms with Gasteiger partial charge in [0.2, 0.25) is 15.9 Å². The maximum atomic E-state index is 13.3. The molecule has 1 amide bonds. The van der Waals surface area contributed by atoms with Crippen molar-refractivity contribution >= 4 is 32.8 Å². The molecule has 2 heterocycles. The van der Waals surface area contributed by atoms with Gasteiger partial charge in [-0.15, -0.1) is 0 Å². The SMILES string of the molecule is COC(=O)[C@H](CC(C)C)NC(=O)C1CCN(S(=O)(=O)c2cccc3cc(C)cnc23)CC1. The van der Waals surface area contributed by atoms with Gasteiger partial charge < -0.3 is 10.1 Å². The Balaban J connectivity index is 1.70. The third kappa shape index (κ3) is 5.27. The van der Waals surface area contributed by atoms with Crippen LogP contribution in [0.2, 0.25) is 0 Å². The smallest absolute Gasteiger partial charge is 0.328 e. The maximum absolute atomic E-state index is 13.3. The molecule has 1 aliphatic heterocycles. The quantitative estimate of drug-likeness (QED) is 0.636. The van der Waals surface area contributed by atoms with E-state index in [1.165, 1.54) is 11.4 Å². The topological polar surface area (TPSA) is 106 Å². The van der Waals surface area contributed by atoms with E-state index < -0.39 is 22.0 Å². The molecule has 0 unspecified atom stereocenters. The second-order valence-corrected chi connectivity index (χ2v) is 10.6. The second-order valence-electron chi connectivity index (χ2n) is 8.73. The summed E-state index contributed by atoms with van der Waals surface area (Å²) in [6.45, 7) is 6.31. The van der Waals surface area contributed by atoms with Gasteiger partial charge in [-0.05, 0) is 49.8 Å². The highest BCUT2D eigenvalue weighted by molar-refractivity contribution is 7.89. The Morgan fingerprint density at radius 3 is 2.56 bits per heavy atom. The summed E-state index contributed by atoms with van der Waals surface area (Å²) in [7, 11) is -2.44. The predicted molar refractivity (Wildman–Crippen MR) is 121 cm³/mol. The molecule has 1 aliphatic rings. The predicted octanol–water partition coefficient (Wildman–Crippen LogP) is 2.65. The molecule has 8 nitrogen and oxygen atoms in total. The van der Waals surface area contributed by atoms with Crippen molar-refractivity contribution in [2.24, 2.45) is 11.8 Å². The number of aryl methyl sites for hydroxylation is 1. The Labute approximate surface area is 189 Å². The average molecular weight is 462 g/mol. The van der Waals surface area contributed by atoms with Gasteiger partial charge in [0.25, 0.3) is 0 Å². The number of fused-ring (bicyclic) bond motifs is 1. The minimum absolute atomic E-state index is 0.181. The number of hydrogen-bond donors (Lipinski definition) is 1. The van der Waals surface area contributed by atoms with Crippen LogP contribution in [0.25, 0.3) is 10.9 Å². The zero-order valence-electron chi connectivity index (χ0n) is 19.0. The molecule has 1 saturated heterocycles. The molecule has 3 rings (SSSR count). The molecule has 1 aromatic heterocycles. The first-order valence-electron chi connectivity index (χ1n) is 10.9. The van der Waals surface area contributed by atoms with Gasteiger partial charge in [-0.1, -0.05) is 26.0 Å². The normalized spacial score (nSPS) is 16.8. The van der Waals surface area contributed by atoms with Gasteiger partial charge in [0.05, 0.1) is 12.6 Å². The standard InChI is InChI=1S/C23H31N3O5S/c1-15(2)12-19(23(28)31-4)25-22(27)17-8-10-26(11-9-17)32(29,30)20-7-5-6-18-13-16(3)14-24-21(18)20/h5-7,13-15,17,19H,8-12H2,1-4H3,(H,25,27)/t19-/m0/s1. The highest BCUT2D eigenvalue weighted by Gasteiger charge is 2.34. The van der Waals surface area contributed by atoms with Gasteiger partial charge in [0.1, 0.15) is 10.9 Å². The average Bonchev–Trinajstić information content (AvgIpc) is 2.77. The van der Waals surface area contributed by atoms with Crippen LogP contribution in [0.4, 0.5) is 0 Å². The van der Waals surface area contributed by atoms with Crippen molar-refractivity contribution in [1.82, 2.24) is 14.6 Å². The number of methoxy groups -OCH3 is 1. The molecular formula is C23H31N3O5S. The van der Waals surface area contributed by atoms with Crippen molar-refractivity contribution in [2.45, 2.75) is 51.0 Å². The summed E-state index contributed by atoms with van der Waals surface area (Å²) in [4.78, 5) is 29.3. The van der Waals surface area contributed by atoms with Crippen LogP contribution in [0.5, 0.6) is 0 Å². The Bertz CT molecular complexity index is 1090. The summed E-state index contributed by atoms with van der Waals surface area (Å²) in [5, 5.41) is 3.57. The fourth-order valence-corrected chi connectivity index (χ4v) is 5.70. The van der Waals surface area contributed by atoms with Crippen LogP contribution >= 0.6 is 0 Å². The molecule has 0 spiro atoms. The highest BCUT2D eigenvalue weighted by Crippen LogP contribution is 2.28. The lowest BCUT2D eigenvalue weighted by molar-refractivity contribution is -0.146. The van der Waals surface area contributed by atoms with Crippen LogP contribution in [0.1, 0.15) is 38.7 Å². The van der Waals surface area contributed by atoms with Crippen LogP contribution < -0.4 is 5.32 Å². The first-order chi connectivity index (χ1) is 15.1. The summed E-state index contributed by atoms with van der Waals surface area (Å²) < 4.78 is 32.9. The molecule has 1 N–H and O–H groups in total. The van der Waals surface area contributed by atoms with Crippen molar-refractivity contribution in [3.63, 3.8) is 0 Å². The summed E-state index contributed by atoms with van der Waals surface area (Å²) in [6.07, 6.45) is 2.92. The highest BCUT2D eigenvalue weighted by atomic mass is 32.2. The molecule has 0 radical (unpaired) electrons. The number of rotatable bonds is 7. The van der Waals surface area contributed by atoms with E-state index in [9.17, 15) is 18.0 Å². The van der Waals surface area contributed by atoms with Crippen molar-refractivity contribution in [1.29, 1.82) is 0 Å². The van der Waals surface area contributed by atoms with Crippen molar-refractivity contribution in [2.75, 3.05) is 20.2 Å². The number of hydrogen-bond acceptors (Lipinski definition) is 6. The number of esters is 1. The lowest BCUT2D eigenvalue weighted by atomic mass is 9.96. The molecule has 174 valence electrons.